The molecule has 0 aromatic heterocycles. The summed E-state index contributed by atoms with van der Waals surface area (Å²) in [5, 5.41) is 0. The van der Waals surface area contributed by atoms with Gasteiger partial charge in [0.1, 0.15) is 5.83 Å². The van der Waals surface area contributed by atoms with Gasteiger partial charge in [0.2, 0.25) is 5.83 Å². The third kappa shape index (κ3) is 0.721. The minimum atomic E-state index is -3.58. The van der Waals surface area contributed by atoms with Crippen molar-refractivity contribution in [2.75, 3.05) is 0 Å². The van der Waals surface area contributed by atoms with Crippen molar-refractivity contribution in [3.63, 3.8) is 0 Å². The SMILES string of the molecule is FC1=C(F)C(F)(F)[C@H]2[C@@H]1[C@@H]1C=C[C@H]2C1. The molecule has 0 saturated heterocycles. The van der Waals surface area contributed by atoms with Crippen LogP contribution in [0.2, 0.25) is 0 Å². The summed E-state index contributed by atoms with van der Waals surface area (Å²) < 4.78 is 52.7. The zero-order chi connectivity index (χ0) is 10.1. The summed E-state index contributed by atoms with van der Waals surface area (Å²) in [4.78, 5) is 0. The van der Waals surface area contributed by atoms with E-state index in [1.165, 1.54) is 0 Å². The average molecular weight is 204 g/mol. The molecule has 3 rings (SSSR count). The zero-order valence-electron chi connectivity index (χ0n) is 7.18. The number of hydrogen-bond donors (Lipinski definition) is 0. The third-order valence-electron chi connectivity index (χ3n) is 3.67. The molecule has 0 unspecified atom stereocenters. The number of fused-ring (bicyclic) bond motifs is 5. The minimum absolute atomic E-state index is 0.218. The van der Waals surface area contributed by atoms with Crippen LogP contribution in [-0.4, -0.2) is 5.92 Å². The molecule has 3 aliphatic carbocycles. The molecule has 4 atom stereocenters. The lowest BCUT2D eigenvalue weighted by Crippen LogP contribution is -2.31. The van der Waals surface area contributed by atoms with Crippen molar-refractivity contribution in [2.24, 2.45) is 23.7 Å². The quantitative estimate of drug-likeness (QED) is 0.419. The smallest absolute Gasteiger partial charge is 0.208 e. The van der Waals surface area contributed by atoms with Crippen LogP contribution in [0.1, 0.15) is 6.42 Å². The van der Waals surface area contributed by atoms with E-state index < -0.39 is 29.4 Å². The topological polar surface area (TPSA) is 0 Å². The predicted molar refractivity (Wildman–Crippen MR) is 41.9 cm³/mol. The van der Waals surface area contributed by atoms with Crippen LogP contribution in [0.25, 0.3) is 0 Å². The Morgan fingerprint density at radius 1 is 1.14 bits per heavy atom. The van der Waals surface area contributed by atoms with E-state index in [1.54, 1.807) is 12.2 Å². The van der Waals surface area contributed by atoms with Crippen molar-refractivity contribution in [1.29, 1.82) is 0 Å². The second-order valence-electron chi connectivity index (χ2n) is 4.28. The van der Waals surface area contributed by atoms with E-state index in [2.05, 4.69) is 0 Å². The molecule has 0 spiro atoms. The maximum absolute atomic E-state index is 13.3. The summed E-state index contributed by atoms with van der Waals surface area (Å²) in [6, 6.07) is 0. The number of halogens is 4. The molecular formula is C10H8F4. The lowest BCUT2D eigenvalue weighted by molar-refractivity contribution is -0.0457. The number of allylic oxidation sites excluding steroid dienone is 4. The fourth-order valence-corrected chi connectivity index (χ4v) is 3.11. The lowest BCUT2D eigenvalue weighted by Gasteiger charge is -2.25. The molecule has 0 aromatic carbocycles. The van der Waals surface area contributed by atoms with Crippen LogP contribution in [0, 0.1) is 23.7 Å². The Hall–Kier alpha value is -0.800. The van der Waals surface area contributed by atoms with E-state index in [-0.39, 0.29) is 11.8 Å². The van der Waals surface area contributed by atoms with E-state index in [0.29, 0.717) is 6.42 Å². The number of rotatable bonds is 0. The van der Waals surface area contributed by atoms with Crippen molar-refractivity contribution in [2.45, 2.75) is 12.3 Å². The van der Waals surface area contributed by atoms with Gasteiger partial charge >= 0.3 is 5.92 Å². The molecule has 1 saturated carbocycles. The molecule has 0 aliphatic heterocycles. The van der Waals surface area contributed by atoms with Gasteiger partial charge in [-0.05, 0) is 18.3 Å². The van der Waals surface area contributed by atoms with Crippen LogP contribution in [0.15, 0.2) is 23.8 Å². The van der Waals surface area contributed by atoms with Crippen LogP contribution in [0.4, 0.5) is 17.6 Å². The van der Waals surface area contributed by atoms with Gasteiger partial charge in [-0.1, -0.05) is 12.2 Å². The Morgan fingerprint density at radius 3 is 2.43 bits per heavy atom. The first-order valence-corrected chi connectivity index (χ1v) is 4.65. The number of hydrogen-bond acceptors (Lipinski definition) is 0. The Labute approximate surface area is 78.3 Å². The lowest BCUT2D eigenvalue weighted by atomic mass is 9.83. The molecule has 0 radical (unpaired) electrons. The molecule has 14 heavy (non-hydrogen) atoms. The van der Waals surface area contributed by atoms with E-state index in [9.17, 15) is 17.6 Å². The van der Waals surface area contributed by atoms with Gasteiger partial charge < -0.3 is 0 Å². The molecule has 0 aromatic rings. The Balaban J connectivity index is 2.12. The van der Waals surface area contributed by atoms with Gasteiger partial charge in [0, 0.05) is 11.8 Å². The Morgan fingerprint density at radius 2 is 1.79 bits per heavy atom. The second kappa shape index (κ2) is 2.23. The molecule has 76 valence electrons. The first-order valence-electron chi connectivity index (χ1n) is 4.65. The normalized spacial score (nSPS) is 47.7. The van der Waals surface area contributed by atoms with Crippen molar-refractivity contribution in [1.82, 2.24) is 0 Å². The van der Waals surface area contributed by atoms with Gasteiger partial charge in [0.05, 0.1) is 0 Å². The molecule has 1 fully saturated rings. The fraction of sp³-hybridized carbons (Fsp3) is 0.600. The van der Waals surface area contributed by atoms with Crippen LogP contribution in [0.3, 0.4) is 0 Å². The standard InChI is InChI=1S/C10H8F4/c11-8-6-4-1-2-5(3-4)7(6)10(13,14)9(8)12/h1-2,4-7H,3H2/t4-,5+,6+,7-/m1/s1. The van der Waals surface area contributed by atoms with Crippen LogP contribution in [0.5, 0.6) is 0 Å². The molecule has 2 bridgehead atoms. The second-order valence-corrected chi connectivity index (χ2v) is 4.28. The van der Waals surface area contributed by atoms with E-state index in [4.69, 9.17) is 0 Å². The van der Waals surface area contributed by atoms with E-state index in [0.717, 1.165) is 0 Å². The summed E-state index contributed by atoms with van der Waals surface area (Å²) in [7, 11) is 0. The first kappa shape index (κ1) is 8.50. The highest BCUT2D eigenvalue weighted by Crippen LogP contribution is 2.63. The number of alkyl halides is 2. The van der Waals surface area contributed by atoms with Crippen molar-refractivity contribution < 1.29 is 17.6 Å². The molecule has 0 heterocycles. The van der Waals surface area contributed by atoms with E-state index >= 15 is 0 Å². The van der Waals surface area contributed by atoms with Gasteiger partial charge in [-0.15, -0.1) is 0 Å². The molecule has 0 nitrogen and oxygen atoms in total. The molecule has 4 heteroatoms. The fourth-order valence-electron chi connectivity index (χ4n) is 3.11. The third-order valence-corrected chi connectivity index (χ3v) is 3.67. The molecular weight excluding hydrogens is 196 g/mol. The van der Waals surface area contributed by atoms with Crippen LogP contribution in [-0.2, 0) is 0 Å². The van der Waals surface area contributed by atoms with Crippen LogP contribution >= 0.6 is 0 Å². The van der Waals surface area contributed by atoms with E-state index in [1.807, 2.05) is 0 Å². The van der Waals surface area contributed by atoms with Gasteiger partial charge in [-0.3, -0.25) is 0 Å². The summed E-state index contributed by atoms with van der Waals surface area (Å²) in [6.45, 7) is 0. The minimum Gasteiger partial charge on any atom is -0.208 e. The Kier molecular flexibility index (Phi) is 1.35. The maximum Gasteiger partial charge on any atom is 0.305 e. The summed E-state index contributed by atoms with van der Waals surface area (Å²) in [5.74, 6) is -9.26. The highest BCUT2D eigenvalue weighted by atomic mass is 19.3. The van der Waals surface area contributed by atoms with Crippen molar-refractivity contribution >= 4 is 0 Å². The molecule has 0 N–H and O–H groups in total. The van der Waals surface area contributed by atoms with Crippen molar-refractivity contribution in [3.8, 4) is 0 Å². The van der Waals surface area contributed by atoms with Gasteiger partial charge in [-0.25, -0.2) is 8.78 Å². The monoisotopic (exact) mass is 204 g/mol. The highest BCUT2D eigenvalue weighted by molar-refractivity contribution is 5.33. The predicted octanol–water partition coefficient (Wildman–Crippen LogP) is 3.22. The molecule has 0 amide bonds. The van der Waals surface area contributed by atoms with Gasteiger partial charge in [-0.2, -0.15) is 8.78 Å². The zero-order valence-corrected chi connectivity index (χ0v) is 7.18. The van der Waals surface area contributed by atoms with Gasteiger partial charge in [0.25, 0.3) is 0 Å². The highest BCUT2D eigenvalue weighted by Gasteiger charge is 2.65. The Bertz CT molecular complexity index is 355. The maximum atomic E-state index is 13.3. The van der Waals surface area contributed by atoms with Gasteiger partial charge in [0.15, 0.2) is 0 Å². The molecule has 3 aliphatic rings. The largest absolute Gasteiger partial charge is 0.305 e. The van der Waals surface area contributed by atoms with Crippen molar-refractivity contribution in [3.05, 3.63) is 23.8 Å². The summed E-state index contributed by atoms with van der Waals surface area (Å²) >= 11 is 0. The average Bonchev–Trinajstić information content (AvgIpc) is 2.76. The summed E-state index contributed by atoms with van der Waals surface area (Å²) in [6.07, 6.45) is 3.96. The first-order chi connectivity index (χ1) is 6.53. The summed E-state index contributed by atoms with van der Waals surface area (Å²) in [5.41, 5.74) is 0. The van der Waals surface area contributed by atoms with Crippen LogP contribution < -0.4 is 0 Å².